The molecule has 0 saturated carbocycles. The van der Waals surface area contributed by atoms with Crippen molar-refractivity contribution in [3.63, 3.8) is 0 Å². The summed E-state index contributed by atoms with van der Waals surface area (Å²) in [6.45, 7) is 4.90. The minimum atomic E-state index is 0.0419. The van der Waals surface area contributed by atoms with E-state index < -0.39 is 0 Å². The first-order chi connectivity index (χ1) is 13.2. The number of aromatic hydroxyl groups is 1. The number of piperazine rings is 1. The monoisotopic (exact) mass is 369 g/mol. The first kappa shape index (κ1) is 19.2. The van der Waals surface area contributed by atoms with Crippen LogP contribution in [0.15, 0.2) is 48.5 Å². The molecule has 2 aromatic carbocycles. The lowest BCUT2D eigenvalue weighted by atomic mass is 10.1. The maximum Gasteiger partial charge on any atom is 0.234 e. The number of rotatable bonds is 7. The maximum atomic E-state index is 12.3. The van der Waals surface area contributed by atoms with Gasteiger partial charge in [-0.2, -0.15) is 0 Å². The average molecular weight is 369 g/mol. The highest BCUT2D eigenvalue weighted by atomic mass is 16.5. The zero-order valence-electron chi connectivity index (χ0n) is 15.7. The molecule has 1 heterocycles. The number of nitrogens with one attached hydrogen (secondary N) is 1. The smallest absolute Gasteiger partial charge is 0.234 e. The summed E-state index contributed by atoms with van der Waals surface area (Å²) in [5.41, 5.74) is 3.29. The van der Waals surface area contributed by atoms with Crippen LogP contribution in [-0.4, -0.2) is 55.7 Å². The molecule has 2 aromatic rings. The predicted octanol–water partition coefficient (Wildman–Crippen LogP) is 1.98. The second-order valence-corrected chi connectivity index (χ2v) is 6.76. The van der Waals surface area contributed by atoms with Gasteiger partial charge in [0.25, 0.3) is 0 Å². The van der Waals surface area contributed by atoms with Crippen molar-refractivity contribution in [3.8, 4) is 5.75 Å². The Morgan fingerprint density at radius 3 is 2.37 bits per heavy atom. The SMILES string of the molecule is COCc1ccccc1CNC(=O)CN1CCN(c2ccc(O)cc2)CC1. The average Bonchev–Trinajstić information content (AvgIpc) is 2.69. The van der Waals surface area contributed by atoms with E-state index in [1.807, 2.05) is 36.4 Å². The van der Waals surface area contributed by atoms with Crippen LogP contribution in [0.3, 0.4) is 0 Å². The van der Waals surface area contributed by atoms with Crippen LogP contribution in [0.25, 0.3) is 0 Å². The van der Waals surface area contributed by atoms with E-state index in [4.69, 9.17) is 4.74 Å². The highest BCUT2D eigenvalue weighted by molar-refractivity contribution is 5.78. The maximum absolute atomic E-state index is 12.3. The molecule has 0 atom stereocenters. The van der Waals surface area contributed by atoms with Crippen LogP contribution in [0.5, 0.6) is 5.75 Å². The van der Waals surface area contributed by atoms with E-state index in [0.29, 0.717) is 19.7 Å². The van der Waals surface area contributed by atoms with Crippen LogP contribution in [0.4, 0.5) is 5.69 Å². The second kappa shape index (κ2) is 9.39. The summed E-state index contributed by atoms with van der Waals surface area (Å²) >= 11 is 0. The molecule has 0 spiro atoms. The molecule has 1 fully saturated rings. The van der Waals surface area contributed by atoms with Gasteiger partial charge in [-0.15, -0.1) is 0 Å². The lowest BCUT2D eigenvalue weighted by Gasteiger charge is -2.35. The summed E-state index contributed by atoms with van der Waals surface area (Å²) in [7, 11) is 1.67. The molecule has 0 radical (unpaired) electrons. The van der Waals surface area contributed by atoms with Crippen molar-refractivity contribution in [1.29, 1.82) is 0 Å². The molecular formula is C21H27N3O3. The van der Waals surface area contributed by atoms with E-state index >= 15 is 0 Å². The molecule has 1 saturated heterocycles. The lowest BCUT2D eigenvalue weighted by Crippen LogP contribution is -2.49. The summed E-state index contributed by atoms with van der Waals surface area (Å²) in [6, 6.07) is 15.3. The number of amides is 1. The number of nitrogens with zero attached hydrogens (tertiary/aromatic N) is 2. The molecule has 1 aliphatic heterocycles. The third-order valence-electron chi connectivity index (χ3n) is 4.85. The summed E-state index contributed by atoms with van der Waals surface area (Å²) in [5.74, 6) is 0.321. The first-order valence-electron chi connectivity index (χ1n) is 9.24. The minimum Gasteiger partial charge on any atom is -0.508 e. The Labute approximate surface area is 160 Å². The standard InChI is InChI=1S/C21H27N3O3/c1-27-16-18-5-3-2-4-17(18)14-22-21(26)15-23-10-12-24(13-11-23)19-6-8-20(25)9-7-19/h2-9,25H,10-16H2,1H3,(H,22,26). The minimum absolute atomic E-state index is 0.0419. The van der Waals surface area contributed by atoms with Gasteiger partial charge in [0.2, 0.25) is 5.91 Å². The van der Waals surface area contributed by atoms with Crippen LogP contribution in [0.2, 0.25) is 0 Å². The predicted molar refractivity (Wildman–Crippen MR) is 106 cm³/mol. The lowest BCUT2D eigenvalue weighted by molar-refractivity contribution is -0.122. The summed E-state index contributed by atoms with van der Waals surface area (Å²) in [5, 5.41) is 12.4. The molecular weight excluding hydrogens is 342 g/mol. The summed E-state index contributed by atoms with van der Waals surface area (Å²) < 4.78 is 5.21. The zero-order valence-corrected chi connectivity index (χ0v) is 15.7. The van der Waals surface area contributed by atoms with E-state index in [1.165, 1.54) is 0 Å². The van der Waals surface area contributed by atoms with Crippen LogP contribution in [-0.2, 0) is 22.7 Å². The van der Waals surface area contributed by atoms with E-state index in [9.17, 15) is 9.90 Å². The Kier molecular flexibility index (Phi) is 6.68. The van der Waals surface area contributed by atoms with Gasteiger partial charge in [0, 0.05) is 45.5 Å². The number of ether oxygens (including phenoxy) is 1. The topological polar surface area (TPSA) is 65.0 Å². The van der Waals surface area contributed by atoms with Crippen molar-refractivity contribution in [2.24, 2.45) is 0 Å². The van der Waals surface area contributed by atoms with E-state index in [-0.39, 0.29) is 11.7 Å². The fraction of sp³-hybridized carbons (Fsp3) is 0.381. The number of hydrogen-bond donors (Lipinski definition) is 2. The molecule has 1 amide bonds. The van der Waals surface area contributed by atoms with E-state index in [2.05, 4.69) is 15.1 Å². The molecule has 6 nitrogen and oxygen atoms in total. The number of carbonyl (C=O) groups is 1. The van der Waals surface area contributed by atoms with Crippen LogP contribution < -0.4 is 10.2 Å². The quantitative estimate of drug-likeness (QED) is 0.781. The van der Waals surface area contributed by atoms with Crippen molar-refractivity contribution in [3.05, 3.63) is 59.7 Å². The highest BCUT2D eigenvalue weighted by Gasteiger charge is 2.19. The molecule has 1 aliphatic rings. The van der Waals surface area contributed by atoms with Crippen molar-refractivity contribution in [1.82, 2.24) is 10.2 Å². The second-order valence-electron chi connectivity index (χ2n) is 6.76. The Morgan fingerprint density at radius 2 is 1.70 bits per heavy atom. The van der Waals surface area contributed by atoms with Gasteiger partial charge in [0.05, 0.1) is 13.2 Å². The van der Waals surface area contributed by atoms with Gasteiger partial charge >= 0.3 is 0 Å². The number of methoxy groups -OCH3 is 1. The van der Waals surface area contributed by atoms with Gasteiger partial charge in [-0.3, -0.25) is 9.69 Å². The molecule has 0 unspecified atom stereocenters. The molecule has 27 heavy (non-hydrogen) atoms. The number of carbonyl (C=O) groups excluding carboxylic acids is 1. The molecule has 2 N–H and O–H groups in total. The van der Waals surface area contributed by atoms with Crippen molar-refractivity contribution in [2.75, 3.05) is 44.7 Å². The van der Waals surface area contributed by atoms with Crippen molar-refractivity contribution in [2.45, 2.75) is 13.2 Å². The van der Waals surface area contributed by atoms with Gasteiger partial charge in [0.15, 0.2) is 0 Å². The van der Waals surface area contributed by atoms with Crippen LogP contribution in [0, 0.1) is 0 Å². The molecule has 3 rings (SSSR count). The van der Waals surface area contributed by atoms with Gasteiger partial charge in [-0.05, 0) is 35.4 Å². The Hall–Kier alpha value is -2.57. The molecule has 144 valence electrons. The summed E-state index contributed by atoms with van der Waals surface area (Å²) in [4.78, 5) is 16.8. The number of phenolic OH excluding ortho intramolecular Hbond substituents is 1. The van der Waals surface area contributed by atoms with Gasteiger partial charge in [0.1, 0.15) is 5.75 Å². The van der Waals surface area contributed by atoms with Crippen LogP contribution in [0.1, 0.15) is 11.1 Å². The highest BCUT2D eigenvalue weighted by Crippen LogP contribution is 2.19. The largest absolute Gasteiger partial charge is 0.508 e. The fourth-order valence-corrected chi connectivity index (χ4v) is 3.31. The Balaban J connectivity index is 1.44. The number of hydrogen-bond acceptors (Lipinski definition) is 5. The van der Waals surface area contributed by atoms with Gasteiger partial charge in [-0.1, -0.05) is 24.3 Å². The molecule has 0 bridgehead atoms. The molecule has 0 aliphatic carbocycles. The summed E-state index contributed by atoms with van der Waals surface area (Å²) in [6.07, 6.45) is 0. The normalized spacial score (nSPS) is 14.9. The van der Waals surface area contributed by atoms with Crippen molar-refractivity contribution < 1.29 is 14.6 Å². The number of benzene rings is 2. The van der Waals surface area contributed by atoms with Gasteiger partial charge in [-0.25, -0.2) is 0 Å². The van der Waals surface area contributed by atoms with E-state index in [1.54, 1.807) is 19.2 Å². The number of anilines is 1. The number of phenols is 1. The Morgan fingerprint density at radius 1 is 1.04 bits per heavy atom. The zero-order chi connectivity index (χ0) is 19.1. The van der Waals surface area contributed by atoms with Crippen molar-refractivity contribution >= 4 is 11.6 Å². The van der Waals surface area contributed by atoms with Gasteiger partial charge < -0.3 is 20.1 Å². The third-order valence-corrected chi connectivity index (χ3v) is 4.85. The third kappa shape index (κ3) is 5.45. The van der Waals surface area contributed by atoms with Crippen LogP contribution >= 0.6 is 0 Å². The Bertz CT molecular complexity index is 741. The molecule has 0 aromatic heterocycles. The first-order valence-corrected chi connectivity index (χ1v) is 9.24. The van der Waals surface area contributed by atoms with E-state index in [0.717, 1.165) is 43.0 Å². The fourth-order valence-electron chi connectivity index (χ4n) is 3.31. The molecule has 6 heteroatoms.